The number of hydrogen-bond donors (Lipinski definition) is 1. The molecular weight excluding hydrogens is 269 g/mol. The van der Waals surface area contributed by atoms with E-state index in [9.17, 15) is 26.7 Å². The lowest BCUT2D eigenvalue weighted by atomic mass is 10.1. The first-order valence-corrected chi connectivity index (χ1v) is 5.05. The highest BCUT2D eigenvalue weighted by atomic mass is 19.4. The molecular formula is C12H6F5NO. The maximum Gasteiger partial charge on any atom is 0.431 e. The van der Waals surface area contributed by atoms with Crippen molar-refractivity contribution < 1.29 is 22.0 Å². The first kappa shape index (κ1) is 13.3. The largest absolute Gasteiger partial charge is 0.431 e. The van der Waals surface area contributed by atoms with Crippen LogP contribution in [-0.4, -0.2) is 4.98 Å². The predicted octanol–water partition coefficient (Wildman–Crippen LogP) is 3.34. The molecule has 0 radical (unpaired) electrons. The summed E-state index contributed by atoms with van der Waals surface area (Å²) in [6, 6.07) is 4.51. The standard InChI is InChI=1S/C12H6F5NO/c13-8-3-1-2-6(10(8)14)7-4-5-9(12(15,16)17)18-11(7)19/h1-5H,(H,18,19). The summed E-state index contributed by atoms with van der Waals surface area (Å²) in [5.74, 6) is -2.47. The number of nitrogens with one attached hydrogen (secondary N) is 1. The third kappa shape index (κ3) is 2.49. The minimum absolute atomic E-state index is 0.370. The Kier molecular flexibility index (Phi) is 3.13. The number of alkyl halides is 3. The first-order chi connectivity index (χ1) is 8.80. The Labute approximate surface area is 103 Å². The van der Waals surface area contributed by atoms with Crippen molar-refractivity contribution in [1.29, 1.82) is 0 Å². The van der Waals surface area contributed by atoms with Gasteiger partial charge < -0.3 is 4.98 Å². The Morgan fingerprint density at radius 1 is 0.947 bits per heavy atom. The predicted molar refractivity (Wildman–Crippen MR) is 57.4 cm³/mol. The van der Waals surface area contributed by atoms with E-state index in [0.29, 0.717) is 6.07 Å². The van der Waals surface area contributed by atoms with E-state index in [1.54, 1.807) is 4.98 Å². The van der Waals surface area contributed by atoms with Gasteiger partial charge in [-0.2, -0.15) is 13.2 Å². The third-order valence-electron chi connectivity index (χ3n) is 2.46. The highest BCUT2D eigenvalue weighted by molar-refractivity contribution is 5.63. The number of hydrogen-bond acceptors (Lipinski definition) is 1. The minimum atomic E-state index is -4.71. The molecule has 0 spiro atoms. The van der Waals surface area contributed by atoms with Crippen molar-refractivity contribution in [2.45, 2.75) is 6.18 Å². The van der Waals surface area contributed by atoms with Gasteiger partial charge in [0.05, 0.1) is 5.56 Å². The maximum atomic E-state index is 13.5. The van der Waals surface area contributed by atoms with Crippen LogP contribution in [0, 0.1) is 11.6 Å². The number of aromatic amines is 1. The summed E-state index contributed by atoms with van der Waals surface area (Å²) in [5.41, 5.74) is -3.16. The highest BCUT2D eigenvalue weighted by Crippen LogP contribution is 2.28. The smallest absolute Gasteiger partial charge is 0.318 e. The molecule has 0 aliphatic heterocycles. The van der Waals surface area contributed by atoms with Crippen molar-refractivity contribution in [3.8, 4) is 11.1 Å². The van der Waals surface area contributed by atoms with E-state index in [4.69, 9.17) is 0 Å². The second kappa shape index (κ2) is 4.49. The van der Waals surface area contributed by atoms with Gasteiger partial charge in [-0.1, -0.05) is 12.1 Å². The number of H-pyrrole nitrogens is 1. The number of rotatable bonds is 1. The Balaban J connectivity index is 2.59. The molecule has 100 valence electrons. The van der Waals surface area contributed by atoms with Gasteiger partial charge in [-0.15, -0.1) is 0 Å². The van der Waals surface area contributed by atoms with Crippen LogP contribution in [0.15, 0.2) is 35.1 Å². The van der Waals surface area contributed by atoms with Crippen LogP contribution in [0.3, 0.4) is 0 Å². The van der Waals surface area contributed by atoms with E-state index in [1.807, 2.05) is 0 Å². The summed E-state index contributed by atoms with van der Waals surface area (Å²) in [6.45, 7) is 0. The van der Waals surface area contributed by atoms with E-state index in [1.165, 1.54) is 0 Å². The van der Waals surface area contributed by atoms with Crippen LogP contribution in [0.1, 0.15) is 5.69 Å². The van der Waals surface area contributed by atoms with Gasteiger partial charge in [0.25, 0.3) is 5.56 Å². The summed E-state index contributed by atoms with van der Waals surface area (Å²) >= 11 is 0. The minimum Gasteiger partial charge on any atom is -0.318 e. The Morgan fingerprint density at radius 3 is 2.21 bits per heavy atom. The van der Waals surface area contributed by atoms with Crippen LogP contribution in [0.5, 0.6) is 0 Å². The van der Waals surface area contributed by atoms with Gasteiger partial charge in [0.15, 0.2) is 11.6 Å². The summed E-state index contributed by atoms with van der Waals surface area (Å²) in [4.78, 5) is 13.1. The van der Waals surface area contributed by atoms with E-state index in [0.717, 1.165) is 24.3 Å². The van der Waals surface area contributed by atoms with Gasteiger partial charge in [0.2, 0.25) is 0 Å². The van der Waals surface area contributed by atoms with Gasteiger partial charge in [-0.3, -0.25) is 4.79 Å². The molecule has 0 saturated carbocycles. The second-order valence-electron chi connectivity index (χ2n) is 3.71. The lowest BCUT2D eigenvalue weighted by molar-refractivity contribution is -0.141. The molecule has 1 N–H and O–H groups in total. The van der Waals surface area contributed by atoms with E-state index in [2.05, 4.69) is 0 Å². The third-order valence-corrected chi connectivity index (χ3v) is 2.46. The normalized spacial score (nSPS) is 11.6. The van der Waals surface area contributed by atoms with Crippen molar-refractivity contribution in [1.82, 2.24) is 4.98 Å². The molecule has 0 aliphatic rings. The molecule has 0 bridgehead atoms. The molecule has 2 nitrogen and oxygen atoms in total. The second-order valence-corrected chi connectivity index (χ2v) is 3.71. The molecule has 0 amide bonds. The summed E-state index contributed by atoms with van der Waals surface area (Å²) < 4.78 is 63.5. The zero-order chi connectivity index (χ0) is 14.2. The van der Waals surface area contributed by atoms with Gasteiger partial charge in [-0.05, 0) is 18.2 Å². The van der Waals surface area contributed by atoms with Crippen LogP contribution in [-0.2, 0) is 6.18 Å². The number of pyridine rings is 1. The van der Waals surface area contributed by atoms with E-state index < -0.39 is 34.6 Å². The molecule has 2 rings (SSSR count). The molecule has 0 atom stereocenters. The average Bonchev–Trinajstić information content (AvgIpc) is 2.32. The molecule has 1 aromatic heterocycles. The number of halogens is 5. The SMILES string of the molecule is O=c1[nH]c(C(F)(F)F)ccc1-c1cccc(F)c1F. The maximum absolute atomic E-state index is 13.5. The van der Waals surface area contributed by atoms with Gasteiger partial charge in [-0.25, -0.2) is 8.78 Å². The van der Waals surface area contributed by atoms with Crippen LogP contribution in [0.2, 0.25) is 0 Å². The molecule has 0 unspecified atom stereocenters. The topological polar surface area (TPSA) is 32.9 Å². The molecule has 0 saturated heterocycles. The fourth-order valence-electron chi connectivity index (χ4n) is 1.56. The van der Waals surface area contributed by atoms with Crippen LogP contribution >= 0.6 is 0 Å². The molecule has 7 heteroatoms. The fourth-order valence-corrected chi connectivity index (χ4v) is 1.56. The molecule has 1 aromatic carbocycles. The molecule has 1 heterocycles. The highest BCUT2D eigenvalue weighted by Gasteiger charge is 2.32. The molecule has 0 fully saturated rings. The number of benzene rings is 1. The average molecular weight is 275 g/mol. The van der Waals surface area contributed by atoms with Crippen molar-refractivity contribution in [3.05, 3.63) is 58.0 Å². The summed E-state index contributed by atoms with van der Waals surface area (Å²) in [6.07, 6.45) is -4.71. The summed E-state index contributed by atoms with van der Waals surface area (Å²) in [5, 5.41) is 0. The fraction of sp³-hybridized carbons (Fsp3) is 0.0833. The Hall–Kier alpha value is -2.18. The van der Waals surface area contributed by atoms with Crippen LogP contribution in [0.4, 0.5) is 22.0 Å². The lowest BCUT2D eigenvalue weighted by Crippen LogP contribution is -2.17. The monoisotopic (exact) mass is 275 g/mol. The van der Waals surface area contributed by atoms with E-state index in [-0.39, 0.29) is 5.56 Å². The Morgan fingerprint density at radius 2 is 1.63 bits per heavy atom. The van der Waals surface area contributed by atoms with Crippen molar-refractivity contribution in [3.63, 3.8) is 0 Å². The summed E-state index contributed by atoms with van der Waals surface area (Å²) in [7, 11) is 0. The lowest BCUT2D eigenvalue weighted by Gasteiger charge is -2.08. The van der Waals surface area contributed by atoms with Gasteiger partial charge in [0.1, 0.15) is 5.69 Å². The number of aromatic nitrogens is 1. The zero-order valence-corrected chi connectivity index (χ0v) is 9.18. The van der Waals surface area contributed by atoms with Gasteiger partial charge >= 0.3 is 6.18 Å². The van der Waals surface area contributed by atoms with Crippen molar-refractivity contribution >= 4 is 0 Å². The molecule has 19 heavy (non-hydrogen) atoms. The quantitative estimate of drug-likeness (QED) is 0.795. The zero-order valence-electron chi connectivity index (χ0n) is 9.18. The first-order valence-electron chi connectivity index (χ1n) is 5.05. The van der Waals surface area contributed by atoms with Gasteiger partial charge in [0, 0.05) is 5.56 Å². The molecule has 2 aromatic rings. The van der Waals surface area contributed by atoms with E-state index >= 15 is 0 Å². The Bertz CT molecular complexity index is 675. The van der Waals surface area contributed by atoms with Crippen LogP contribution in [0.25, 0.3) is 11.1 Å². The van der Waals surface area contributed by atoms with Crippen molar-refractivity contribution in [2.75, 3.05) is 0 Å². The molecule has 0 aliphatic carbocycles. The van der Waals surface area contributed by atoms with Crippen LogP contribution < -0.4 is 5.56 Å². The van der Waals surface area contributed by atoms with Crippen molar-refractivity contribution in [2.24, 2.45) is 0 Å².